The quantitative estimate of drug-likeness (QED) is 0.864. The first-order chi connectivity index (χ1) is 8.56. The number of rotatable bonds is 4. The summed E-state index contributed by atoms with van der Waals surface area (Å²) in [5.41, 5.74) is 0.624. The largest absolute Gasteiger partial charge is 0.353 e. The number of amides is 1. The number of nitrogens with zero attached hydrogens (tertiary/aromatic N) is 3. The second-order valence-corrected chi connectivity index (χ2v) is 5.18. The molecule has 1 atom stereocenters. The second-order valence-electron chi connectivity index (χ2n) is 5.18. The molecular formula is C13H22N4O. The van der Waals surface area contributed by atoms with Crippen molar-refractivity contribution in [3.05, 3.63) is 18.0 Å². The molecule has 5 heteroatoms. The van der Waals surface area contributed by atoms with E-state index in [1.54, 1.807) is 4.68 Å². The van der Waals surface area contributed by atoms with Gasteiger partial charge >= 0.3 is 0 Å². The lowest BCUT2D eigenvalue weighted by molar-refractivity contribution is -0.137. The minimum atomic E-state index is -0.398. The van der Waals surface area contributed by atoms with Crippen molar-refractivity contribution >= 4 is 5.91 Å². The SMILES string of the molecule is CCCC1(C)C(=O)NCCN1Cc1ccn(C)n1. The number of carbonyl (C=O) groups is 1. The van der Waals surface area contributed by atoms with Crippen molar-refractivity contribution in [2.75, 3.05) is 13.1 Å². The molecule has 0 saturated carbocycles. The van der Waals surface area contributed by atoms with E-state index < -0.39 is 5.54 Å². The first-order valence-electron chi connectivity index (χ1n) is 6.58. The Bertz CT molecular complexity index is 428. The van der Waals surface area contributed by atoms with Crippen LogP contribution < -0.4 is 5.32 Å². The molecule has 0 bridgehead atoms. The Morgan fingerprint density at radius 1 is 1.56 bits per heavy atom. The highest BCUT2D eigenvalue weighted by Gasteiger charge is 2.41. The summed E-state index contributed by atoms with van der Waals surface area (Å²) in [7, 11) is 1.91. The summed E-state index contributed by atoms with van der Waals surface area (Å²) in [4.78, 5) is 14.4. The molecule has 0 aromatic carbocycles. The molecule has 1 aliphatic heterocycles. The highest BCUT2D eigenvalue weighted by molar-refractivity contribution is 5.86. The van der Waals surface area contributed by atoms with Gasteiger partial charge in [0.05, 0.1) is 11.2 Å². The molecule has 18 heavy (non-hydrogen) atoms. The summed E-state index contributed by atoms with van der Waals surface area (Å²) in [5, 5.41) is 7.37. The fourth-order valence-corrected chi connectivity index (χ4v) is 2.64. The van der Waals surface area contributed by atoms with Crippen LogP contribution in [0.2, 0.25) is 0 Å². The molecule has 5 nitrogen and oxygen atoms in total. The summed E-state index contributed by atoms with van der Waals surface area (Å²) in [6.45, 7) is 6.51. The van der Waals surface area contributed by atoms with E-state index in [2.05, 4.69) is 22.2 Å². The van der Waals surface area contributed by atoms with Crippen molar-refractivity contribution in [3.63, 3.8) is 0 Å². The third-order valence-corrected chi connectivity index (χ3v) is 3.71. The molecule has 0 aliphatic carbocycles. The standard InChI is InChI=1S/C13H22N4O/c1-4-6-13(2)12(18)14-7-9-17(13)10-11-5-8-16(3)15-11/h5,8H,4,6-7,9-10H2,1-3H3,(H,14,18). The Labute approximate surface area is 108 Å². The van der Waals surface area contributed by atoms with Gasteiger partial charge in [-0.1, -0.05) is 13.3 Å². The van der Waals surface area contributed by atoms with Gasteiger partial charge in [-0.25, -0.2) is 0 Å². The molecule has 0 spiro atoms. The van der Waals surface area contributed by atoms with Crippen LogP contribution in [-0.2, 0) is 18.4 Å². The topological polar surface area (TPSA) is 50.2 Å². The van der Waals surface area contributed by atoms with E-state index in [0.29, 0.717) is 0 Å². The molecular weight excluding hydrogens is 228 g/mol. The molecule has 100 valence electrons. The highest BCUT2D eigenvalue weighted by Crippen LogP contribution is 2.25. The van der Waals surface area contributed by atoms with E-state index in [-0.39, 0.29) is 5.91 Å². The van der Waals surface area contributed by atoms with E-state index in [1.165, 1.54) is 0 Å². The van der Waals surface area contributed by atoms with E-state index in [1.807, 2.05) is 26.2 Å². The molecule has 1 fully saturated rings. The first kappa shape index (κ1) is 13.1. The van der Waals surface area contributed by atoms with E-state index >= 15 is 0 Å². The summed E-state index contributed by atoms with van der Waals surface area (Å²) in [5.74, 6) is 0.145. The summed E-state index contributed by atoms with van der Waals surface area (Å²) in [6.07, 6.45) is 3.82. The molecule has 0 radical (unpaired) electrons. The zero-order valence-electron chi connectivity index (χ0n) is 11.4. The Hall–Kier alpha value is -1.36. The molecule has 1 unspecified atom stereocenters. The molecule has 1 saturated heterocycles. The lowest BCUT2D eigenvalue weighted by atomic mass is 9.90. The second kappa shape index (κ2) is 5.10. The molecule has 2 heterocycles. The van der Waals surface area contributed by atoms with E-state index in [0.717, 1.165) is 38.2 Å². The fraction of sp³-hybridized carbons (Fsp3) is 0.692. The minimum Gasteiger partial charge on any atom is -0.353 e. The number of aryl methyl sites for hydroxylation is 1. The zero-order chi connectivity index (χ0) is 13.2. The first-order valence-corrected chi connectivity index (χ1v) is 6.58. The maximum Gasteiger partial charge on any atom is 0.240 e. The van der Waals surface area contributed by atoms with Crippen LogP contribution in [-0.4, -0.2) is 39.2 Å². The van der Waals surface area contributed by atoms with Crippen LogP contribution >= 0.6 is 0 Å². The fourth-order valence-electron chi connectivity index (χ4n) is 2.64. The predicted molar refractivity (Wildman–Crippen MR) is 69.9 cm³/mol. The maximum absolute atomic E-state index is 12.1. The average Bonchev–Trinajstić information content (AvgIpc) is 2.72. The van der Waals surface area contributed by atoms with Crippen LogP contribution in [0.1, 0.15) is 32.4 Å². The van der Waals surface area contributed by atoms with E-state index in [4.69, 9.17) is 0 Å². The van der Waals surface area contributed by atoms with Crippen molar-refractivity contribution in [2.24, 2.45) is 7.05 Å². The van der Waals surface area contributed by atoms with Crippen LogP contribution in [0.3, 0.4) is 0 Å². The lowest BCUT2D eigenvalue weighted by Crippen LogP contribution is -2.62. The van der Waals surface area contributed by atoms with Crippen molar-refractivity contribution in [2.45, 2.75) is 38.8 Å². The van der Waals surface area contributed by atoms with Gasteiger partial charge in [-0.3, -0.25) is 14.4 Å². The normalized spacial score (nSPS) is 25.2. The summed E-state index contributed by atoms with van der Waals surface area (Å²) in [6, 6.07) is 2.01. The van der Waals surface area contributed by atoms with Gasteiger partial charge in [-0.2, -0.15) is 5.10 Å². The highest BCUT2D eigenvalue weighted by atomic mass is 16.2. The maximum atomic E-state index is 12.1. The molecule has 1 N–H and O–H groups in total. The Balaban J connectivity index is 2.15. The number of piperazine rings is 1. The number of hydrogen-bond acceptors (Lipinski definition) is 3. The van der Waals surface area contributed by atoms with Gasteiger partial charge < -0.3 is 5.32 Å². The third kappa shape index (κ3) is 2.41. The van der Waals surface area contributed by atoms with Crippen molar-refractivity contribution in [1.82, 2.24) is 20.0 Å². The van der Waals surface area contributed by atoms with Crippen molar-refractivity contribution in [1.29, 1.82) is 0 Å². The van der Waals surface area contributed by atoms with Crippen LogP contribution in [0.5, 0.6) is 0 Å². The van der Waals surface area contributed by atoms with Gasteiger partial charge in [0.25, 0.3) is 0 Å². The van der Waals surface area contributed by atoms with Crippen LogP contribution in [0, 0.1) is 0 Å². The third-order valence-electron chi connectivity index (χ3n) is 3.71. The van der Waals surface area contributed by atoms with Crippen LogP contribution in [0.25, 0.3) is 0 Å². The van der Waals surface area contributed by atoms with E-state index in [9.17, 15) is 4.79 Å². The number of hydrogen-bond donors (Lipinski definition) is 1. The van der Waals surface area contributed by atoms with Crippen LogP contribution in [0.4, 0.5) is 0 Å². The molecule has 2 rings (SSSR count). The minimum absolute atomic E-state index is 0.145. The van der Waals surface area contributed by atoms with Gasteiger partial charge in [-0.05, 0) is 19.4 Å². The van der Waals surface area contributed by atoms with Gasteiger partial charge in [0.1, 0.15) is 0 Å². The molecule has 1 aliphatic rings. The van der Waals surface area contributed by atoms with Gasteiger partial charge in [-0.15, -0.1) is 0 Å². The molecule has 1 aromatic rings. The van der Waals surface area contributed by atoms with Gasteiger partial charge in [0, 0.05) is 32.9 Å². The molecule has 1 amide bonds. The summed E-state index contributed by atoms with van der Waals surface area (Å²) < 4.78 is 1.80. The average molecular weight is 250 g/mol. The Morgan fingerprint density at radius 2 is 2.33 bits per heavy atom. The smallest absolute Gasteiger partial charge is 0.240 e. The monoisotopic (exact) mass is 250 g/mol. The van der Waals surface area contributed by atoms with Crippen molar-refractivity contribution < 1.29 is 4.79 Å². The number of nitrogens with one attached hydrogen (secondary N) is 1. The summed E-state index contributed by atoms with van der Waals surface area (Å²) >= 11 is 0. The number of aromatic nitrogens is 2. The van der Waals surface area contributed by atoms with Crippen LogP contribution in [0.15, 0.2) is 12.3 Å². The predicted octanol–water partition coefficient (Wildman–Crippen LogP) is 0.911. The van der Waals surface area contributed by atoms with Crippen molar-refractivity contribution in [3.8, 4) is 0 Å². The number of carbonyl (C=O) groups excluding carboxylic acids is 1. The zero-order valence-corrected chi connectivity index (χ0v) is 11.4. The molecule has 1 aromatic heterocycles. The van der Waals surface area contributed by atoms with Gasteiger partial charge in [0.15, 0.2) is 0 Å². The van der Waals surface area contributed by atoms with Gasteiger partial charge in [0.2, 0.25) is 5.91 Å². The Kier molecular flexibility index (Phi) is 3.71. The lowest BCUT2D eigenvalue weighted by Gasteiger charge is -2.43. The Morgan fingerprint density at radius 3 is 2.94 bits per heavy atom.